The van der Waals surface area contributed by atoms with E-state index in [1.807, 2.05) is 19.2 Å². The van der Waals surface area contributed by atoms with Gasteiger partial charge in [0.2, 0.25) is 0 Å². The molecule has 1 aromatic heterocycles. The van der Waals surface area contributed by atoms with Crippen molar-refractivity contribution in [2.45, 2.75) is 80.6 Å². The topological polar surface area (TPSA) is 122 Å². The van der Waals surface area contributed by atoms with Crippen molar-refractivity contribution in [3.8, 4) is 5.75 Å². The standard InChI is InChI=1S/C43H54N4O6/c1-6-26-19-27-22-42(39(50)53-5,35-29(13-17-46(23-26)24-27)28-11-8-9-12-32(28)44-35)31-20-30-33(21-34(31)52-4)45(3)37-41(30)15-18-47-16-10-14-40(7-2,36(41)47)38(49)43(37,51)25-48/h8-12,14,19-21,27,36-38,44,48-49,51H,6-7,13,15-18,22-25H2,1-5H3/t27-,36?,37+,38+,40+,41+,42-,43?/m0/s1. The van der Waals surface area contributed by atoms with E-state index in [0.717, 1.165) is 91.0 Å². The number of benzene rings is 2. The van der Waals surface area contributed by atoms with Crippen LogP contribution in [0.5, 0.6) is 5.75 Å². The second kappa shape index (κ2) is 12.2. The summed E-state index contributed by atoms with van der Waals surface area (Å²) < 4.78 is 12.3. The van der Waals surface area contributed by atoms with Crippen LogP contribution in [-0.4, -0.2) is 120 Å². The van der Waals surface area contributed by atoms with Crippen molar-refractivity contribution in [2.75, 3.05) is 65.5 Å². The molecule has 9 atom stereocenters. The van der Waals surface area contributed by atoms with Crippen LogP contribution in [0, 0.1) is 11.3 Å². The van der Waals surface area contributed by atoms with E-state index < -0.39 is 40.6 Å². The zero-order chi connectivity index (χ0) is 37.1. The van der Waals surface area contributed by atoms with E-state index in [2.05, 4.69) is 76.0 Å². The SMILES string of the molecule is CCC1=C[C@@H]2CN(CCc3c([nH]c4ccccc34)[C@@](C(=O)OC)(c3cc4c(cc3OC)N(C)[C@H]3C(O)(CO)[C@H](O)[C@]5(CC)C=CCN6CC[C@]43C65)C2)C1. The molecular formula is C43H54N4O6. The molecule has 10 heteroatoms. The average Bonchev–Trinajstić information content (AvgIpc) is 3.85. The van der Waals surface area contributed by atoms with Crippen molar-refractivity contribution >= 4 is 22.6 Å². The molecule has 10 nitrogen and oxygen atoms in total. The summed E-state index contributed by atoms with van der Waals surface area (Å²) in [4.78, 5) is 26.0. The number of aromatic nitrogens is 1. The van der Waals surface area contributed by atoms with Crippen molar-refractivity contribution in [1.29, 1.82) is 0 Å². The van der Waals surface area contributed by atoms with Gasteiger partial charge in [-0.25, -0.2) is 0 Å². The first-order chi connectivity index (χ1) is 25.6. The van der Waals surface area contributed by atoms with Crippen LogP contribution in [0.3, 0.4) is 0 Å². The quantitative estimate of drug-likeness (QED) is 0.221. The molecule has 53 heavy (non-hydrogen) atoms. The maximum Gasteiger partial charge on any atom is 0.322 e. The van der Waals surface area contributed by atoms with Crippen molar-refractivity contribution < 1.29 is 29.6 Å². The molecule has 6 aliphatic rings. The second-order valence-corrected chi connectivity index (χ2v) is 16.7. The van der Waals surface area contributed by atoms with E-state index in [-0.39, 0.29) is 17.9 Å². The van der Waals surface area contributed by atoms with Gasteiger partial charge in [0.05, 0.1) is 33.0 Å². The number of esters is 1. The summed E-state index contributed by atoms with van der Waals surface area (Å²) in [5, 5.41) is 37.1. The molecular weight excluding hydrogens is 668 g/mol. The summed E-state index contributed by atoms with van der Waals surface area (Å²) in [7, 11) is 5.11. The highest BCUT2D eigenvalue weighted by atomic mass is 16.5. The van der Waals surface area contributed by atoms with Gasteiger partial charge in [0.25, 0.3) is 0 Å². The molecule has 1 aliphatic carbocycles. The molecule has 2 aromatic carbocycles. The summed E-state index contributed by atoms with van der Waals surface area (Å²) in [6.45, 7) is 7.89. The van der Waals surface area contributed by atoms with Gasteiger partial charge >= 0.3 is 5.97 Å². The van der Waals surface area contributed by atoms with Gasteiger partial charge in [-0.05, 0) is 67.8 Å². The van der Waals surface area contributed by atoms with Gasteiger partial charge < -0.3 is 34.7 Å². The third kappa shape index (κ3) is 4.36. The lowest BCUT2D eigenvalue weighted by Crippen LogP contribution is -2.79. The highest BCUT2D eigenvalue weighted by Crippen LogP contribution is 2.67. The Balaban J connectivity index is 1.37. The lowest BCUT2D eigenvalue weighted by atomic mass is 9.48. The Kier molecular flexibility index (Phi) is 8.05. The number of carbonyl (C=O) groups is 1. The number of H-pyrrole nitrogens is 1. The molecule has 0 radical (unpaired) electrons. The zero-order valence-corrected chi connectivity index (χ0v) is 31.7. The number of hydrogen-bond acceptors (Lipinski definition) is 9. The fraction of sp³-hybridized carbons (Fsp3) is 0.558. The van der Waals surface area contributed by atoms with Crippen molar-refractivity contribution in [2.24, 2.45) is 11.3 Å². The third-order valence-corrected chi connectivity index (χ3v) is 14.7. The number of aliphatic hydroxyl groups excluding tert-OH is 2. The van der Waals surface area contributed by atoms with Crippen LogP contribution in [0.2, 0.25) is 0 Å². The van der Waals surface area contributed by atoms with Crippen molar-refractivity contribution in [3.05, 3.63) is 82.6 Å². The van der Waals surface area contributed by atoms with E-state index in [9.17, 15) is 15.3 Å². The number of likely N-dealkylation sites (N-methyl/N-ethyl adjacent to an activating group) is 1. The van der Waals surface area contributed by atoms with Crippen LogP contribution in [0.25, 0.3) is 10.9 Å². The van der Waals surface area contributed by atoms with Crippen LogP contribution in [0.15, 0.2) is 60.2 Å². The fourth-order valence-corrected chi connectivity index (χ4v) is 12.6. The number of nitrogens with one attached hydrogen (secondary N) is 1. The number of aliphatic hydroxyl groups is 3. The number of para-hydroxylation sites is 1. The normalized spacial score (nSPS) is 37.2. The number of rotatable bonds is 6. The smallest absolute Gasteiger partial charge is 0.322 e. The molecule has 4 N–H and O–H groups in total. The molecule has 5 aliphatic heterocycles. The summed E-state index contributed by atoms with van der Waals surface area (Å²) in [5.74, 6) is 0.307. The molecule has 6 heterocycles. The number of aromatic amines is 1. The molecule has 3 unspecified atom stereocenters. The number of carbonyl (C=O) groups excluding carboxylic acids is 1. The fourth-order valence-electron chi connectivity index (χ4n) is 12.6. The van der Waals surface area contributed by atoms with Crippen LogP contribution in [-0.2, 0) is 26.8 Å². The molecule has 2 fully saturated rings. The number of hydrogen-bond donors (Lipinski definition) is 4. The minimum atomic E-state index is -1.82. The summed E-state index contributed by atoms with van der Waals surface area (Å²) >= 11 is 0. The number of ether oxygens (including phenoxy) is 2. The van der Waals surface area contributed by atoms with E-state index in [4.69, 9.17) is 9.47 Å². The monoisotopic (exact) mass is 722 g/mol. The predicted octanol–water partition coefficient (Wildman–Crippen LogP) is 4.04. The molecule has 0 amide bonds. The molecule has 1 spiro atoms. The number of anilines is 1. The van der Waals surface area contributed by atoms with E-state index >= 15 is 4.79 Å². The first kappa shape index (κ1) is 35.1. The first-order valence-corrected chi connectivity index (χ1v) is 19.6. The van der Waals surface area contributed by atoms with Crippen LogP contribution < -0.4 is 9.64 Å². The first-order valence-electron chi connectivity index (χ1n) is 19.6. The molecule has 1 saturated heterocycles. The Hall–Kier alpha value is -3.67. The van der Waals surface area contributed by atoms with Gasteiger partial charge in [-0.15, -0.1) is 0 Å². The Morgan fingerprint density at radius 3 is 2.64 bits per heavy atom. The van der Waals surface area contributed by atoms with Crippen molar-refractivity contribution in [3.63, 3.8) is 0 Å². The van der Waals surface area contributed by atoms with Crippen LogP contribution in [0.4, 0.5) is 5.69 Å². The van der Waals surface area contributed by atoms with Crippen LogP contribution >= 0.6 is 0 Å². The number of fused-ring (bicyclic) bond motifs is 6. The summed E-state index contributed by atoms with van der Waals surface area (Å²) in [6.07, 6.45) is 8.97. The Labute approximate surface area is 312 Å². The molecule has 2 bridgehead atoms. The van der Waals surface area contributed by atoms with Gasteiger partial charge in [0, 0.05) is 84.0 Å². The number of methoxy groups -OCH3 is 2. The van der Waals surface area contributed by atoms with Gasteiger partial charge in [-0.3, -0.25) is 14.6 Å². The second-order valence-electron chi connectivity index (χ2n) is 16.7. The minimum Gasteiger partial charge on any atom is -0.496 e. The Bertz CT molecular complexity index is 2040. The molecule has 282 valence electrons. The Morgan fingerprint density at radius 2 is 1.91 bits per heavy atom. The van der Waals surface area contributed by atoms with Gasteiger partial charge in [-0.2, -0.15) is 0 Å². The van der Waals surface area contributed by atoms with E-state index in [1.54, 1.807) is 7.11 Å². The number of nitrogens with zero attached hydrogens (tertiary/aromatic N) is 3. The minimum absolute atomic E-state index is 0.0733. The summed E-state index contributed by atoms with van der Waals surface area (Å²) in [5.41, 5.74) is 2.46. The largest absolute Gasteiger partial charge is 0.496 e. The van der Waals surface area contributed by atoms with Gasteiger partial charge in [-0.1, -0.05) is 55.8 Å². The highest BCUT2D eigenvalue weighted by molar-refractivity contribution is 5.94. The predicted molar refractivity (Wildman–Crippen MR) is 204 cm³/mol. The average molecular weight is 723 g/mol. The van der Waals surface area contributed by atoms with E-state index in [1.165, 1.54) is 12.7 Å². The lowest BCUT2D eigenvalue weighted by Gasteiger charge is -2.64. The van der Waals surface area contributed by atoms with Crippen molar-refractivity contribution in [1.82, 2.24) is 14.8 Å². The van der Waals surface area contributed by atoms with Crippen LogP contribution in [0.1, 0.15) is 61.9 Å². The van der Waals surface area contributed by atoms with Gasteiger partial charge in [0.15, 0.2) is 0 Å². The maximum atomic E-state index is 15.1. The zero-order valence-electron chi connectivity index (χ0n) is 31.7. The van der Waals surface area contributed by atoms with E-state index in [0.29, 0.717) is 18.6 Å². The highest BCUT2D eigenvalue weighted by Gasteiger charge is 2.76. The molecule has 1 saturated carbocycles. The maximum absolute atomic E-state index is 15.1. The molecule has 9 rings (SSSR count). The summed E-state index contributed by atoms with van der Waals surface area (Å²) in [6, 6.07) is 11.8. The lowest BCUT2D eigenvalue weighted by molar-refractivity contribution is -0.213. The third-order valence-electron chi connectivity index (χ3n) is 14.7. The van der Waals surface area contributed by atoms with Gasteiger partial charge in [0.1, 0.15) is 16.8 Å². The molecule has 3 aromatic rings. The Morgan fingerprint density at radius 1 is 1.09 bits per heavy atom.